The van der Waals surface area contributed by atoms with Crippen molar-refractivity contribution in [2.24, 2.45) is 0 Å². The zero-order valence-electron chi connectivity index (χ0n) is 13.4. The summed E-state index contributed by atoms with van der Waals surface area (Å²) < 4.78 is 2.19. The number of nitrogens with zero attached hydrogens (tertiary/aromatic N) is 3. The van der Waals surface area contributed by atoms with E-state index in [1.807, 2.05) is 36.5 Å². The van der Waals surface area contributed by atoms with Crippen molar-refractivity contribution in [2.75, 3.05) is 6.54 Å². The van der Waals surface area contributed by atoms with E-state index < -0.39 is 0 Å². The van der Waals surface area contributed by atoms with Gasteiger partial charge in [0.25, 0.3) is 5.91 Å². The number of hydrogen-bond acceptors (Lipinski definition) is 2. The van der Waals surface area contributed by atoms with Gasteiger partial charge in [-0.25, -0.2) is 4.98 Å². The third kappa shape index (κ3) is 3.28. The highest BCUT2D eigenvalue weighted by atomic mass is 35.5. The van der Waals surface area contributed by atoms with Gasteiger partial charge in [-0.2, -0.15) is 0 Å². The molecule has 1 aliphatic rings. The topological polar surface area (TPSA) is 38.1 Å². The molecule has 0 saturated carbocycles. The molecule has 0 radical (unpaired) electrons. The maximum atomic E-state index is 12.7. The number of halogens is 2. The van der Waals surface area contributed by atoms with Gasteiger partial charge >= 0.3 is 0 Å². The number of imidazole rings is 1. The molecule has 0 N–H and O–H groups in total. The molecule has 1 amide bonds. The maximum Gasteiger partial charge on any atom is 0.255 e. The lowest BCUT2D eigenvalue weighted by atomic mass is 10.1. The summed E-state index contributed by atoms with van der Waals surface area (Å²) in [5, 5.41) is 0.487. The second-order valence-corrected chi connectivity index (χ2v) is 6.19. The monoisotopic (exact) mass is 373 g/mol. The van der Waals surface area contributed by atoms with Crippen LogP contribution in [0.25, 0.3) is 11.3 Å². The summed E-state index contributed by atoms with van der Waals surface area (Å²) in [5.41, 5.74) is 2.78. The Labute approximate surface area is 157 Å². The molecule has 0 saturated heterocycles. The lowest BCUT2D eigenvalue weighted by molar-refractivity contribution is 0.0708. The van der Waals surface area contributed by atoms with Gasteiger partial charge in [0.05, 0.1) is 29.0 Å². The Balaban J connectivity index is 0.00000182. The largest absolute Gasteiger partial charge is 0.329 e. The Bertz CT molecular complexity index is 893. The summed E-state index contributed by atoms with van der Waals surface area (Å²) in [4.78, 5) is 19.0. The summed E-state index contributed by atoms with van der Waals surface area (Å²) in [6, 6.07) is 17.4. The predicted molar refractivity (Wildman–Crippen MR) is 101 cm³/mol. The minimum atomic E-state index is -0.0453. The lowest BCUT2D eigenvalue weighted by Gasteiger charge is -2.29. The van der Waals surface area contributed by atoms with Crippen LogP contribution in [0.2, 0.25) is 5.02 Å². The average molecular weight is 374 g/mol. The van der Waals surface area contributed by atoms with Gasteiger partial charge in [-0.1, -0.05) is 54.1 Å². The maximum absolute atomic E-state index is 12.7. The molecule has 6 heteroatoms. The fraction of sp³-hybridized carbons (Fsp3) is 0.158. The predicted octanol–water partition coefficient (Wildman–Crippen LogP) is 4.28. The normalized spacial score (nSPS) is 13.1. The van der Waals surface area contributed by atoms with Crippen molar-refractivity contribution in [1.29, 1.82) is 0 Å². The van der Waals surface area contributed by atoms with Crippen molar-refractivity contribution in [3.8, 4) is 11.3 Å². The Kier molecular flexibility index (Phi) is 5.11. The van der Waals surface area contributed by atoms with Crippen LogP contribution < -0.4 is 0 Å². The number of carbonyl (C=O) groups excluding carboxylic acids is 1. The molecule has 2 heterocycles. The zero-order chi connectivity index (χ0) is 16.5. The van der Waals surface area contributed by atoms with Gasteiger partial charge in [0.15, 0.2) is 0 Å². The molecule has 25 heavy (non-hydrogen) atoms. The third-order valence-electron chi connectivity index (χ3n) is 4.33. The molecule has 0 aliphatic carbocycles. The van der Waals surface area contributed by atoms with Gasteiger partial charge in [0, 0.05) is 13.1 Å². The van der Waals surface area contributed by atoms with E-state index in [0.717, 1.165) is 23.6 Å². The molecule has 0 spiro atoms. The third-order valence-corrected chi connectivity index (χ3v) is 4.65. The Morgan fingerprint density at radius 3 is 2.48 bits per heavy atom. The van der Waals surface area contributed by atoms with Crippen LogP contribution in [0.3, 0.4) is 0 Å². The lowest BCUT2D eigenvalue weighted by Crippen LogP contribution is -2.38. The average Bonchev–Trinajstić information content (AvgIpc) is 3.05. The molecule has 3 aromatic rings. The first-order chi connectivity index (χ1) is 11.7. The first kappa shape index (κ1) is 17.5. The number of fused-ring (bicyclic) bond motifs is 1. The van der Waals surface area contributed by atoms with Gasteiger partial charge < -0.3 is 9.47 Å². The molecule has 0 bridgehead atoms. The van der Waals surface area contributed by atoms with E-state index in [2.05, 4.69) is 21.7 Å². The minimum absolute atomic E-state index is 0. The van der Waals surface area contributed by atoms with Crippen molar-refractivity contribution in [3.05, 3.63) is 77.2 Å². The van der Waals surface area contributed by atoms with Gasteiger partial charge in [-0.15, -0.1) is 12.4 Å². The molecular weight excluding hydrogens is 357 g/mol. The molecule has 4 nitrogen and oxygen atoms in total. The number of benzene rings is 2. The summed E-state index contributed by atoms with van der Waals surface area (Å²) in [6.07, 6.45) is 1.88. The van der Waals surface area contributed by atoms with E-state index in [-0.39, 0.29) is 18.3 Å². The minimum Gasteiger partial charge on any atom is -0.329 e. The molecule has 0 unspecified atom stereocenters. The molecule has 128 valence electrons. The first-order valence-corrected chi connectivity index (χ1v) is 8.25. The Hall–Kier alpha value is -2.30. The van der Waals surface area contributed by atoms with Crippen LogP contribution in [-0.4, -0.2) is 26.9 Å². The highest BCUT2D eigenvalue weighted by Crippen LogP contribution is 2.25. The number of aromatic nitrogens is 2. The SMILES string of the molecule is Cl.O=C(c1ccccc1Cl)N1CCn2c(-c3ccccc3)cnc2C1. The molecule has 0 fully saturated rings. The van der Waals surface area contributed by atoms with Crippen molar-refractivity contribution in [2.45, 2.75) is 13.1 Å². The smallest absolute Gasteiger partial charge is 0.255 e. The molecule has 1 aliphatic heterocycles. The van der Waals surface area contributed by atoms with Crippen LogP contribution in [0, 0.1) is 0 Å². The zero-order valence-corrected chi connectivity index (χ0v) is 15.0. The number of hydrogen-bond donors (Lipinski definition) is 0. The van der Waals surface area contributed by atoms with Crippen molar-refractivity contribution in [1.82, 2.24) is 14.5 Å². The fourth-order valence-corrected chi connectivity index (χ4v) is 3.29. The first-order valence-electron chi connectivity index (χ1n) is 7.87. The van der Waals surface area contributed by atoms with Gasteiger partial charge in [0.2, 0.25) is 0 Å². The van der Waals surface area contributed by atoms with Crippen LogP contribution in [0.4, 0.5) is 0 Å². The highest BCUT2D eigenvalue weighted by molar-refractivity contribution is 6.33. The van der Waals surface area contributed by atoms with Gasteiger partial charge in [-0.3, -0.25) is 4.79 Å². The standard InChI is InChI=1S/C19H16ClN3O.ClH/c20-16-9-5-4-8-15(16)19(24)22-10-11-23-17(12-21-18(23)13-22)14-6-2-1-3-7-14;/h1-9,12H,10-11,13H2;1H. The second-order valence-electron chi connectivity index (χ2n) is 5.78. The summed E-state index contributed by atoms with van der Waals surface area (Å²) >= 11 is 6.15. The quantitative estimate of drug-likeness (QED) is 0.672. The number of amides is 1. The van der Waals surface area contributed by atoms with E-state index in [0.29, 0.717) is 23.7 Å². The van der Waals surface area contributed by atoms with Crippen molar-refractivity contribution < 1.29 is 4.79 Å². The fourth-order valence-electron chi connectivity index (χ4n) is 3.08. The second kappa shape index (κ2) is 7.30. The van der Waals surface area contributed by atoms with Crippen molar-refractivity contribution in [3.63, 3.8) is 0 Å². The van der Waals surface area contributed by atoms with Gasteiger partial charge in [-0.05, 0) is 17.7 Å². The molecular formula is C19H17Cl2N3O. The van der Waals surface area contributed by atoms with Crippen LogP contribution in [0.15, 0.2) is 60.8 Å². The van der Waals surface area contributed by atoms with E-state index in [1.54, 1.807) is 17.0 Å². The van der Waals surface area contributed by atoms with Gasteiger partial charge in [0.1, 0.15) is 5.82 Å². The molecule has 2 aromatic carbocycles. The van der Waals surface area contributed by atoms with Crippen LogP contribution in [-0.2, 0) is 13.1 Å². The van der Waals surface area contributed by atoms with E-state index in [1.165, 1.54) is 0 Å². The molecule has 0 atom stereocenters. The van der Waals surface area contributed by atoms with Crippen LogP contribution in [0.1, 0.15) is 16.2 Å². The summed E-state index contributed by atoms with van der Waals surface area (Å²) in [6.45, 7) is 1.87. The summed E-state index contributed by atoms with van der Waals surface area (Å²) in [5.74, 6) is 0.858. The van der Waals surface area contributed by atoms with E-state index in [9.17, 15) is 4.79 Å². The molecule has 4 rings (SSSR count). The number of rotatable bonds is 2. The Morgan fingerprint density at radius 2 is 1.72 bits per heavy atom. The van der Waals surface area contributed by atoms with E-state index in [4.69, 9.17) is 11.6 Å². The van der Waals surface area contributed by atoms with E-state index >= 15 is 0 Å². The highest BCUT2D eigenvalue weighted by Gasteiger charge is 2.25. The van der Waals surface area contributed by atoms with Crippen molar-refractivity contribution >= 4 is 29.9 Å². The summed E-state index contributed by atoms with van der Waals surface area (Å²) in [7, 11) is 0. The number of carbonyl (C=O) groups is 1. The van der Waals surface area contributed by atoms with Crippen LogP contribution >= 0.6 is 24.0 Å². The van der Waals surface area contributed by atoms with Crippen LogP contribution in [0.5, 0.6) is 0 Å². The Morgan fingerprint density at radius 1 is 1.00 bits per heavy atom. The molecule has 1 aromatic heterocycles.